The summed E-state index contributed by atoms with van der Waals surface area (Å²) < 4.78 is 6.90. The Bertz CT molecular complexity index is 870. The van der Waals surface area contributed by atoms with Gasteiger partial charge in [-0.1, -0.05) is 11.6 Å². The molecule has 0 radical (unpaired) electrons. The standard InChI is InChI=1S/C17H18ClN3O2S/c1-10(9-23-3)19-16(22)15-8-14-11(2)20-21(17(14)24-15)13-6-4-12(18)5-7-13/h4-8,10H,9H2,1-3H3,(H,19,22). The van der Waals surface area contributed by atoms with E-state index >= 15 is 0 Å². The van der Waals surface area contributed by atoms with Gasteiger partial charge in [0.05, 0.1) is 22.9 Å². The second-order valence-corrected chi connectivity index (χ2v) is 7.10. The van der Waals surface area contributed by atoms with Gasteiger partial charge >= 0.3 is 0 Å². The average Bonchev–Trinajstić information content (AvgIpc) is 3.09. The van der Waals surface area contributed by atoms with Crippen LogP contribution in [0, 0.1) is 6.92 Å². The molecule has 3 rings (SSSR count). The summed E-state index contributed by atoms with van der Waals surface area (Å²) in [5, 5.41) is 9.17. The highest BCUT2D eigenvalue weighted by Crippen LogP contribution is 2.30. The molecule has 1 N–H and O–H groups in total. The van der Waals surface area contributed by atoms with Crippen molar-refractivity contribution in [3.8, 4) is 5.69 Å². The number of rotatable bonds is 5. The molecule has 1 aromatic carbocycles. The molecule has 24 heavy (non-hydrogen) atoms. The van der Waals surface area contributed by atoms with Gasteiger partial charge in [-0.15, -0.1) is 11.3 Å². The number of halogens is 1. The van der Waals surface area contributed by atoms with Gasteiger partial charge in [0.2, 0.25) is 0 Å². The molecule has 0 fully saturated rings. The van der Waals surface area contributed by atoms with E-state index in [4.69, 9.17) is 16.3 Å². The van der Waals surface area contributed by atoms with Crippen LogP contribution in [0.15, 0.2) is 30.3 Å². The molecule has 1 unspecified atom stereocenters. The van der Waals surface area contributed by atoms with Crippen molar-refractivity contribution < 1.29 is 9.53 Å². The molecule has 0 spiro atoms. The number of fused-ring (bicyclic) bond motifs is 1. The Balaban J connectivity index is 1.95. The number of methoxy groups -OCH3 is 1. The largest absolute Gasteiger partial charge is 0.383 e. The zero-order valence-electron chi connectivity index (χ0n) is 13.7. The van der Waals surface area contributed by atoms with Crippen LogP contribution in [0.1, 0.15) is 22.3 Å². The minimum absolute atomic E-state index is 0.0402. The fraction of sp³-hybridized carbons (Fsp3) is 0.294. The van der Waals surface area contributed by atoms with Crippen molar-refractivity contribution in [1.82, 2.24) is 15.1 Å². The first kappa shape index (κ1) is 17.0. The molecular weight excluding hydrogens is 346 g/mol. The fourth-order valence-electron chi connectivity index (χ4n) is 2.50. The lowest BCUT2D eigenvalue weighted by Crippen LogP contribution is -2.35. The lowest BCUT2D eigenvalue weighted by molar-refractivity contribution is 0.0909. The molecule has 0 aliphatic carbocycles. The molecule has 2 aromatic heterocycles. The van der Waals surface area contributed by atoms with Gasteiger partial charge in [-0.25, -0.2) is 4.68 Å². The summed E-state index contributed by atoms with van der Waals surface area (Å²) in [6.45, 7) is 4.33. The molecule has 0 saturated carbocycles. The number of nitrogens with one attached hydrogen (secondary N) is 1. The van der Waals surface area contributed by atoms with Crippen molar-refractivity contribution in [3.63, 3.8) is 0 Å². The maximum atomic E-state index is 12.4. The number of carbonyl (C=O) groups is 1. The van der Waals surface area contributed by atoms with Gasteiger partial charge < -0.3 is 10.1 Å². The Morgan fingerprint density at radius 3 is 2.79 bits per heavy atom. The smallest absolute Gasteiger partial charge is 0.261 e. The minimum Gasteiger partial charge on any atom is -0.383 e. The number of aryl methyl sites for hydroxylation is 1. The molecule has 0 aliphatic rings. The van der Waals surface area contributed by atoms with E-state index in [0.29, 0.717) is 16.5 Å². The van der Waals surface area contributed by atoms with E-state index in [-0.39, 0.29) is 11.9 Å². The Hall–Kier alpha value is -1.89. The molecule has 2 heterocycles. The number of thiophene rings is 1. The van der Waals surface area contributed by atoms with Crippen molar-refractivity contribution in [1.29, 1.82) is 0 Å². The van der Waals surface area contributed by atoms with Crippen LogP contribution < -0.4 is 5.32 Å². The first-order valence-corrected chi connectivity index (χ1v) is 8.74. The van der Waals surface area contributed by atoms with E-state index in [2.05, 4.69) is 10.4 Å². The van der Waals surface area contributed by atoms with Gasteiger partial charge in [0.15, 0.2) is 0 Å². The Morgan fingerprint density at radius 2 is 2.12 bits per heavy atom. The van der Waals surface area contributed by atoms with Crippen LogP contribution in [-0.2, 0) is 4.74 Å². The maximum Gasteiger partial charge on any atom is 0.261 e. The summed E-state index contributed by atoms with van der Waals surface area (Å²) in [6, 6.07) is 9.33. The lowest BCUT2D eigenvalue weighted by Gasteiger charge is -2.11. The zero-order chi connectivity index (χ0) is 17.3. The van der Waals surface area contributed by atoms with Crippen LogP contribution >= 0.6 is 22.9 Å². The number of benzene rings is 1. The molecular formula is C17H18ClN3O2S. The van der Waals surface area contributed by atoms with Crippen LogP contribution in [0.25, 0.3) is 15.9 Å². The van der Waals surface area contributed by atoms with Crippen LogP contribution in [0.2, 0.25) is 5.02 Å². The van der Waals surface area contributed by atoms with Crippen molar-refractivity contribution in [2.24, 2.45) is 0 Å². The van der Waals surface area contributed by atoms with Gasteiger partial charge in [-0.3, -0.25) is 4.79 Å². The number of hydrogen-bond acceptors (Lipinski definition) is 4. The van der Waals surface area contributed by atoms with Crippen molar-refractivity contribution in [2.75, 3.05) is 13.7 Å². The second kappa shape index (κ2) is 6.93. The van der Waals surface area contributed by atoms with Gasteiger partial charge in [-0.05, 0) is 44.2 Å². The molecule has 3 aromatic rings. The summed E-state index contributed by atoms with van der Waals surface area (Å²) in [7, 11) is 1.62. The predicted octanol–water partition coefficient (Wildman–Crippen LogP) is 3.81. The normalized spacial score (nSPS) is 12.5. The van der Waals surface area contributed by atoms with Gasteiger partial charge in [0, 0.05) is 23.6 Å². The van der Waals surface area contributed by atoms with Crippen LogP contribution in [0.3, 0.4) is 0 Å². The molecule has 5 nitrogen and oxygen atoms in total. The van der Waals surface area contributed by atoms with Gasteiger partial charge in [0.25, 0.3) is 5.91 Å². The molecule has 1 atom stereocenters. The number of aromatic nitrogens is 2. The van der Waals surface area contributed by atoms with E-state index in [1.807, 2.05) is 48.9 Å². The fourth-order valence-corrected chi connectivity index (χ4v) is 3.71. The highest BCUT2D eigenvalue weighted by atomic mass is 35.5. The summed E-state index contributed by atoms with van der Waals surface area (Å²) in [4.78, 5) is 14.0. The molecule has 0 saturated heterocycles. The number of ether oxygens (including phenoxy) is 1. The molecule has 7 heteroatoms. The summed E-state index contributed by atoms with van der Waals surface area (Å²) >= 11 is 7.38. The molecule has 0 bridgehead atoms. The van der Waals surface area contributed by atoms with Gasteiger partial charge in [-0.2, -0.15) is 5.10 Å². The second-order valence-electron chi connectivity index (χ2n) is 5.63. The number of amides is 1. The third-order valence-electron chi connectivity index (χ3n) is 3.63. The monoisotopic (exact) mass is 363 g/mol. The van der Waals surface area contributed by atoms with Crippen molar-refractivity contribution in [3.05, 3.63) is 45.9 Å². The van der Waals surface area contributed by atoms with E-state index in [0.717, 1.165) is 21.6 Å². The lowest BCUT2D eigenvalue weighted by atomic mass is 10.3. The Kier molecular flexibility index (Phi) is 4.89. The topological polar surface area (TPSA) is 56.1 Å². The summed E-state index contributed by atoms with van der Waals surface area (Å²) in [5.74, 6) is -0.0946. The predicted molar refractivity (Wildman–Crippen MR) is 97.5 cm³/mol. The number of carbonyl (C=O) groups excluding carboxylic acids is 1. The van der Waals surface area contributed by atoms with E-state index in [9.17, 15) is 4.79 Å². The Labute approximate surface area is 149 Å². The van der Waals surface area contributed by atoms with Crippen LogP contribution in [0.4, 0.5) is 0 Å². The first-order valence-electron chi connectivity index (χ1n) is 7.54. The molecule has 0 aliphatic heterocycles. The maximum absolute atomic E-state index is 12.4. The van der Waals surface area contributed by atoms with E-state index in [1.54, 1.807) is 7.11 Å². The highest BCUT2D eigenvalue weighted by Gasteiger charge is 2.18. The minimum atomic E-state index is -0.0946. The third kappa shape index (κ3) is 3.31. The van der Waals surface area contributed by atoms with Crippen LogP contribution in [0.5, 0.6) is 0 Å². The zero-order valence-corrected chi connectivity index (χ0v) is 15.2. The van der Waals surface area contributed by atoms with Crippen molar-refractivity contribution >= 4 is 39.1 Å². The molecule has 1 amide bonds. The van der Waals surface area contributed by atoms with Crippen molar-refractivity contribution in [2.45, 2.75) is 19.9 Å². The Morgan fingerprint density at radius 1 is 1.42 bits per heavy atom. The van der Waals surface area contributed by atoms with Crippen LogP contribution in [-0.4, -0.2) is 35.4 Å². The number of nitrogens with zero attached hydrogens (tertiary/aromatic N) is 2. The average molecular weight is 364 g/mol. The first-order chi connectivity index (χ1) is 11.5. The molecule has 126 valence electrons. The highest BCUT2D eigenvalue weighted by molar-refractivity contribution is 7.20. The van der Waals surface area contributed by atoms with Gasteiger partial charge in [0.1, 0.15) is 4.83 Å². The third-order valence-corrected chi connectivity index (χ3v) is 5.00. The summed E-state index contributed by atoms with van der Waals surface area (Å²) in [6.07, 6.45) is 0. The SMILES string of the molecule is COCC(C)NC(=O)c1cc2c(C)nn(-c3ccc(Cl)cc3)c2s1. The summed E-state index contributed by atoms with van der Waals surface area (Å²) in [5.41, 5.74) is 1.80. The van der Waals surface area contributed by atoms with E-state index < -0.39 is 0 Å². The number of hydrogen-bond donors (Lipinski definition) is 1. The van der Waals surface area contributed by atoms with E-state index in [1.165, 1.54) is 11.3 Å². The quantitative estimate of drug-likeness (QED) is 0.749.